The quantitative estimate of drug-likeness (QED) is 0.775. The predicted octanol–water partition coefficient (Wildman–Crippen LogP) is 0.796. The zero-order valence-electron chi connectivity index (χ0n) is 12.3. The number of pyridine rings is 1. The highest BCUT2D eigenvalue weighted by atomic mass is 79.9. The lowest BCUT2D eigenvalue weighted by Crippen LogP contribution is -2.46. The number of carbonyl (C=O) groups excluding carboxylic acids is 1. The molecule has 0 bridgehead atoms. The van der Waals surface area contributed by atoms with E-state index in [1.54, 1.807) is 12.3 Å². The van der Waals surface area contributed by atoms with Crippen molar-refractivity contribution in [3.8, 4) is 0 Å². The summed E-state index contributed by atoms with van der Waals surface area (Å²) in [5.41, 5.74) is 0. The van der Waals surface area contributed by atoms with Crippen LogP contribution in [0.25, 0.3) is 0 Å². The molecule has 0 radical (unpaired) electrons. The van der Waals surface area contributed by atoms with Gasteiger partial charge < -0.3 is 5.32 Å². The number of hydrogen-bond donors (Lipinski definition) is 2. The number of rotatable bonds is 5. The van der Waals surface area contributed by atoms with Crippen LogP contribution in [0.4, 0.5) is 5.82 Å². The van der Waals surface area contributed by atoms with E-state index in [0.29, 0.717) is 31.7 Å². The van der Waals surface area contributed by atoms with Gasteiger partial charge in [0.2, 0.25) is 15.9 Å². The van der Waals surface area contributed by atoms with Gasteiger partial charge in [-0.05, 0) is 40.9 Å². The number of aromatic nitrogens is 1. The standard InChI is InChI=1S/C13H19BrN4O3S/c1-22(20,21)17-11-4-6-18(7-5-11)9-13(19)16-12-3-2-10(14)8-15-12/h2-3,8,11,17H,4-7,9H2,1H3,(H,15,16,19). The average molecular weight is 391 g/mol. The molecule has 9 heteroatoms. The lowest BCUT2D eigenvalue weighted by atomic mass is 10.1. The number of halogens is 1. The molecule has 1 fully saturated rings. The van der Waals surface area contributed by atoms with E-state index in [4.69, 9.17) is 0 Å². The number of sulfonamides is 1. The highest BCUT2D eigenvalue weighted by Gasteiger charge is 2.22. The van der Waals surface area contributed by atoms with E-state index < -0.39 is 10.0 Å². The Balaban J connectivity index is 1.76. The zero-order valence-corrected chi connectivity index (χ0v) is 14.7. The maximum absolute atomic E-state index is 12.0. The SMILES string of the molecule is CS(=O)(=O)NC1CCN(CC(=O)Nc2ccc(Br)cn2)CC1. The first-order chi connectivity index (χ1) is 10.3. The van der Waals surface area contributed by atoms with Gasteiger partial charge in [-0.1, -0.05) is 0 Å². The fourth-order valence-electron chi connectivity index (χ4n) is 2.35. The Bertz CT molecular complexity index is 613. The summed E-state index contributed by atoms with van der Waals surface area (Å²) in [6.07, 6.45) is 4.20. The summed E-state index contributed by atoms with van der Waals surface area (Å²) in [6.45, 7) is 1.66. The molecule has 0 atom stereocenters. The molecule has 122 valence electrons. The molecule has 1 aromatic rings. The van der Waals surface area contributed by atoms with Gasteiger partial charge in [0, 0.05) is 29.8 Å². The number of carbonyl (C=O) groups is 1. The van der Waals surface area contributed by atoms with Gasteiger partial charge in [0.05, 0.1) is 12.8 Å². The number of likely N-dealkylation sites (tertiary alicyclic amines) is 1. The Hall–Kier alpha value is -1.03. The molecule has 2 heterocycles. The van der Waals surface area contributed by atoms with E-state index in [0.717, 1.165) is 10.7 Å². The summed E-state index contributed by atoms with van der Waals surface area (Å²) in [5.74, 6) is 0.395. The van der Waals surface area contributed by atoms with Crippen LogP contribution in [0.5, 0.6) is 0 Å². The summed E-state index contributed by atoms with van der Waals surface area (Å²) in [6, 6.07) is 3.50. The Kier molecular flexibility index (Phi) is 5.90. The van der Waals surface area contributed by atoms with Gasteiger partial charge in [0.25, 0.3) is 0 Å². The van der Waals surface area contributed by atoms with Gasteiger partial charge in [-0.15, -0.1) is 0 Å². The van der Waals surface area contributed by atoms with Crippen LogP contribution < -0.4 is 10.0 Å². The van der Waals surface area contributed by atoms with Gasteiger partial charge in [-0.3, -0.25) is 9.69 Å². The first-order valence-corrected chi connectivity index (χ1v) is 9.61. The molecule has 0 aromatic carbocycles. The Morgan fingerprint density at radius 1 is 1.41 bits per heavy atom. The Morgan fingerprint density at radius 3 is 2.64 bits per heavy atom. The summed E-state index contributed by atoms with van der Waals surface area (Å²) >= 11 is 3.29. The third-order valence-electron chi connectivity index (χ3n) is 3.33. The van der Waals surface area contributed by atoms with Crippen molar-refractivity contribution in [2.45, 2.75) is 18.9 Å². The molecule has 22 heavy (non-hydrogen) atoms. The van der Waals surface area contributed by atoms with Crippen LogP contribution in [-0.2, 0) is 14.8 Å². The molecular weight excluding hydrogens is 372 g/mol. The maximum atomic E-state index is 12.0. The lowest BCUT2D eigenvalue weighted by Gasteiger charge is -2.31. The van der Waals surface area contributed by atoms with Crippen LogP contribution in [0.2, 0.25) is 0 Å². The topological polar surface area (TPSA) is 91.4 Å². The highest BCUT2D eigenvalue weighted by Crippen LogP contribution is 2.12. The number of amides is 1. The summed E-state index contributed by atoms with van der Waals surface area (Å²) in [7, 11) is -3.17. The minimum atomic E-state index is -3.17. The van der Waals surface area contributed by atoms with Crippen LogP contribution in [0.15, 0.2) is 22.8 Å². The molecular formula is C13H19BrN4O3S. The van der Waals surface area contributed by atoms with E-state index in [9.17, 15) is 13.2 Å². The minimum Gasteiger partial charge on any atom is -0.310 e. The fraction of sp³-hybridized carbons (Fsp3) is 0.538. The average Bonchev–Trinajstić information content (AvgIpc) is 2.42. The van der Waals surface area contributed by atoms with Crippen molar-refractivity contribution in [1.82, 2.24) is 14.6 Å². The maximum Gasteiger partial charge on any atom is 0.239 e. The van der Waals surface area contributed by atoms with Crippen LogP contribution >= 0.6 is 15.9 Å². The predicted molar refractivity (Wildman–Crippen MR) is 88.0 cm³/mol. The molecule has 0 spiro atoms. The van der Waals surface area contributed by atoms with E-state index in [1.165, 1.54) is 0 Å². The van der Waals surface area contributed by atoms with E-state index in [2.05, 4.69) is 31.0 Å². The van der Waals surface area contributed by atoms with E-state index >= 15 is 0 Å². The monoisotopic (exact) mass is 390 g/mol. The number of hydrogen-bond acceptors (Lipinski definition) is 5. The number of nitrogens with one attached hydrogen (secondary N) is 2. The van der Waals surface area contributed by atoms with Crippen molar-refractivity contribution >= 4 is 37.7 Å². The van der Waals surface area contributed by atoms with Crippen molar-refractivity contribution in [3.05, 3.63) is 22.8 Å². The molecule has 1 aliphatic heterocycles. The fourth-order valence-corrected chi connectivity index (χ4v) is 3.42. The summed E-state index contributed by atoms with van der Waals surface area (Å²) < 4.78 is 25.8. The first-order valence-electron chi connectivity index (χ1n) is 6.93. The lowest BCUT2D eigenvalue weighted by molar-refractivity contribution is -0.117. The summed E-state index contributed by atoms with van der Waals surface area (Å²) in [4.78, 5) is 18.1. The molecule has 1 amide bonds. The van der Waals surface area contributed by atoms with Crippen LogP contribution in [-0.4, -0.2) is 56.1 Å². The largest absolute Gasteiger partial charge is 0.310 e. The van der Waals surface area contributed by atoms with Crippen LogP contribution in [0, 0.1) is 0 Å². The normalized spacial score (nSPS) is 17.4. The molecule has 1 saturated heterocycles. The Labute approximate surface area is 138 Å². The van der Waals surface area contributed by atoms with Crippen molar-refractivity contribution in [2.75, 3.05) is 31.2 Å². The molecule has 7 nitrogen and oxygen atoms in total. The number of nitrogens with zero attached hydrogens (tertiary/aromatic N) is 2. The van der Waals surface area contributed by atoms with Gasteiger partial charge in [-0.2, -0.15) is 0 Å². The summed E-state index contributed by atoms with van der Waals surface area (Å²) in [5, 5.41) is 2.74. The minimum absolute atomic E-state index is 0.0394. The third-order valence-corrected chi connectivity index (χ3v) is 4.56. The smallest absolute Gasteiger partial charge is 0.239 e. The molecule has 2 N–H and O–H groups in total. The van der Waals surface area contributed by atoms with Crippen molar-refractivity contribution < 1.29 is 13.2 Å². The molecule has 1 aromatic heterocycles. The molecule has 2 rings (SSSR count). The van der Waals surface area contributed by atoms with Crippen molar-refractivity contribution in [2.24, 2.45) is 0 Å². The van der Waals surface area contributed by atoms with Crippen LogP contribution in [0.3, 0.4) is 0 Å². The number of anilines is 1. The van der Waals surface area contributed by atoms with Crippen LogP contribution in [0.1, 0.15) is 12.8 Å². The molecule has 1 aliphatic rings. The van der Waals surface area contributed by atoms with Gasteiger partial charge in [0.1, 0.15) is 5.82 Å². The second kappa shape index (κ2) is 7.49. The second-order valence-electron chi connectivity index (χ2n) is 5.35. The Morgan fingerprint density at radius 2 is 2.09 bits per heavy atom. The van der Waals surface area contributed by atoms with E-state index in [-0.39, 0.29) is 18.5 Å². The van der Waals surface area contributed by atoms with Crippen molar-refractivity contribution in [3.63, 3.8) is 0 Å². The third kappa shape index (κ3) is 5.99. The highest BCUT2D eigenvalue weighted by molar-refractivity contribution is 9.10. The number of piperidine rings is 1. The first kappa shape index (κ1) is 17.3. The van der Waals surface area contributed by atoms with Crippen molar-refractivity contribution in [1.29, 1.82) is 0 Å². The molecule has 0 saturated carbocycles. The van der Waals surface area contributed by atoms with Gasteiger partial charge >= 0.3 is 0 Å². The molecule has 0 aliphatic carbocycles. The second-order valence-corrected chi connectivity index (χ2v) is 8.05. The molecule has 0 unspecified atom stereocenters. The van der Waals surface area contributed by atoms with Gasteiger partial charge in [0.15, 0.2) is 0 Å². The zero-order chi connectivity index (χ0) is 16.2. The van der Waals surface area contributed by atoms with Gasteiger partial charge in [-0.25, -0.2) is 18.1 Å². The van der Waals surface area contributed by atoms with E-state index in [1.807, 2.05) is 11.0 Å².